The fourth-order valence-electron chi connectivity index (χ4n) is 1.24. The minimum atomic E-state index is -0.192. The third-order valence-corrected chi connectivity index (χ3v) is 3.19. The van der Waals surface area contributed by atoms with Gasteiger partial charge in [0.15, 0.2) is 0 Å². The standard InChI is InChI=1S/C11H12N4OS/c1-8(17-9-5-3-2-4-6-9)10(16)14-11-12-7-13-15-11/h2-8H,1H3,(H2,12,13,14,15,16)/t8-/m0/s1. The molecule has 2 rings (SSSR count). The number of aromatic nitrogens is 3. The monoisotopic (exact) mass is 248 g/mol. The topological polar surface area (TPSA) is 70.7 Å². The zero-order chi connectivity index (χ0) is 12.1. The first-order valence-corrected chi connectivity index (χ1v) is 6.01. The van der Waals surface area contributed by atoms with Crippen LogP contribution in [0.2, 0.25) is 0 Å². The van der Waals surface area contributed by atoms with Crippen LogP contribution in [-0.2, 0) is 4.79 Å². The van der Waals surface area contributed by atoms with Crippen LogP contribution in [0, 0.1) is 0 Å². The van der Waals surface area contributed by atoms with Crippen molar-refractivity contribution in [2.24, 2.45) is 0 Å². The van der Waals surface area contributed by atoms with E-state index in [9.17, 15) is 4.79 Å². The quantitative estimate of drug-likeness (QED) is 0.811. The maximum Gasteiger partial charge on any atom is 0.239 e. The number of anilines is 1. The number of nitrogens with one attached hydrogen (secondary N) is 2. The molecule has 0 unspecified atom stereocenters. The highest BCUT2D eigenvalue weighted by molar-refractivity contribution is 8.00. The molecule has 0 aliphatic heterocycles. The number of carbonyl (C=O) groups is 1. The highest BCUT2D eigenvalue weighted by Crippen LogP contribution is 2.23. The fourth-order valence-corrected chi connectivity index (χ4v) is 2.13. The first-order chi connectivity index (χ1) is 8.25. The molecule has 1 atom stereocenters. The van der Waals surface area contributed by atoms with E-state index in [2.05, 4.69) is 20.5 Å². The Morgan fingerprint density at radius 2 is 2.18 bits per heavy atom. The molecule has 0 aliphatic carbocycles. The van der Waals surface area contributed by atoms with Gasteiger partial charge in [0.25, 0.3) is 0 Å². The predicted octanol–water partition coefficient (Wildman–Crippen LogP) is 1.92. The molecule has 0 radical (unpaired) electrons. The molecule has 1 aromatic carbocycles. The van der Waals surface area contributed by atoms with Crippen molar-refractivity contribution in [3.8, 4) is 0 Å². The molecular weight excluding hydrogens is 236 g/mol. The number of carbonyl (C=O) groups excluding carboxylic acids is 1. The first kappa shape index (κ1) is 11.7. The van der Waals surface area contributed by atoms with Crippen LogP contribution in [0.4, 0.5) is 5.95 Å². The van der Waals surface area contributed by atoms with Gasteiger partial charge in [0, 0.05) is 4.90 Å². The Labute approximate surface area is 103 Å². The maximum atomic E-state index is 11.8. The molecule has 17 heavy (non-hydrogen) atoms. The average Bonchev–Trinajstić information content (AvgIpc) is 2.83. The number of nitrogens with zero attached hydrogens (tertiary/aromatic N) is 2. The van der Waals surface area contributed by atoms with Crippen molar-refractivity contribution in [2.75, 3.05) is 5.32 Å². The lowest BCUT2D eigenvalue weighted by molar-refractivity contribution is -0.115. The SMILES string of the molecule is C[C@H](Sc1ccccc1)C(=O)Nc1ncn[nH]1. The molecule has 1 aromatic heterocycles. The van der Waals surface area contributed by atoms with Gasteiger partial charge in [-0.3, -0.25) is 10.1 Å². The normalized spacial score (nSPS) is 12.1. The van der Waals surface area contributed by atoms with Crippen LogP contribution in [0.15, 0.2) is 41.6 Å². The molecule has 0 aliphatic rings. The second-order valence-corrected chi connectivity index (χ2v) is 4.81. The van der Waals surface area contributed by atoms with Gasteiger partial charge in [0.1, 0.15) is 6.33 Å². The van der Waals surface area contributed by atoms with E-state index in [1.54, 1.807) is 0 Å². The van der Waals surface area contributed by atoms with Crippen molar-refractivity contribution in [2.45, 2.75) is 17.1 Å². The number of hydrogen-bond acceptors (Lipinski definition) is 4. The lowest BCUT2D eigenvalue weighted by Crippen LogP contribution is -2.23. The van der Waals surface area contributed by atoms with Gasteiger partial charge >= 0.3 is 0 Å². The van der Waals surface area contributed by atoms with E-state index >= 15 is 0 Å². The number of amides is 1. The molecule has 0 fully saturated rings. The van der Waals surface area contributed by atoms with Gasteiger partial charge in [0.2, 0.25) is 11.9 Å². The molecule has 0 bridgehead atoms. The summed E-state index contributed by atoms with van der Waals surface area (Å²) in [6.45, 7) is 1.85. The fraction of sp³-hybridized carbons (Fsp3) is 0.182. The Kier molecular flexibility index (Phi) is 3.77. The predicted molar refractivity (Wildman–Crippen MR) is 66.8 cm³/mol. The van der Waals surface area contributed by atoms with Crippen LogP contribution in [0.5, 0.6) is 0 Å². The zero-order valence-electron chi connectivity index (χ0n) is 9.25. The average molecular weight is 248 g/mol. The Bertz CT molecular complexity index is 471. The summed E-state index contributed by atoms with van der Waals surface area (Å²) in [4.78, 5) is 16.7. The van der Waals surface area contributed by atoms with Gasteiger partial charge in [-0.05, 0) is 19.1 Å². The largest absolute Gasteiger partial charge is 0.294 e. The Morgan fingerprint density at radius 1 is 1.41 bits per heavy atom. The molecule has 88 valence electrons. The van der Waals surface area contributed by atoms with Gasteiger partial charge in [0.05, 0.1) is 5.25 Å². The van der Waals surface area contributed by atoms with E-state index in [1.807, 2.05) is 37.3 Å². The van der Waals surface area contributed by atoms with E-state index in [0.29, 0.717) is 5.95 Å². The summed E-state index contributed by atoms with van der Waals surface area (Å²) in [5.74, 6) is 0.270. The summed E-state index contributed by atoms with van der Waals surface area (Å²) >= 11 is 1.50. The van der Waals surface area contributed by atoms with E-state index in [1.165, 1.54) is 18.1 Å². The van der Waals surface area contributed by atoms with Crippen molar-refractivity contribution in [3.05, 3.63) is 36.7 Å². The van der Waals surface area contributed by atoms with Gasteiger partial charge in [-0.25, -0.2) is 5.10 Å². The van der Waals surface area contributed by atoms with Crippen LogP contribution in [0.25, 0.3) is 0 Å². The smallest absolute Gasteiger partial charge is 0.239 e. The molecule has 6 heteroatoms. The lowest BCUT2D eigenvalue weighted by atomic mass is 10.4. The van der Waals surface area contributed by atoms with Crippen LogP contribution >= 0.6 is 11.8 Å². The summed E-state index contributed by atoms with van der Waals surface area (Å²) in [5, 5.41) is 8.71. The molecule has 0 spiro atoms. The number of H-pyrrole nitrogens is 1. The van der Waals surface area contributed by atoms with Gasteiger partial charge in [-0.2, -0.15) is 10.1 Å². The highest BCUT2D eigenvalue weighted by atomic mass is 32.2. The van der Waals surface area contributed by atoms with E-state index < -0.39 is 0 Å². The van der Waals surface area contributed by atoms with Crippen molar-refractivity contribution in [1.82, 2.24) is 15.2 Å². The van der Waals surface area contributed by atoms with Crippen molar-refractivity contribution >= 4 is 23.6 Å². The lowest BCUT2D eigenvalue weighted by Gasteiger charge is -2.09. The Morgan fingerprint density at radius 3 is 2.82 bits per heavy atom. The summed E-state index contributed by atoms with van der Waals surface area (Å²) in [6.07, 6.45) is 1.35. The van der Waals surface area contributed by atoms with Crippen LogP contribution in [-0.4, -0.2) is 26.3 Å². The minimum Gasteiger partial charge on any atom is -0.294 e. The maximum absolute atomic E-state index is 11.8. The molecular formula is C11H12N4OS. The zero-order valence-corrected chi connectivity index (χ0v) is 10.1. The summed E-state index contributed by atoms with van der Waals surface area (Å²) in [6, 6.07) is 9.79. The minimum absolute atomic E-state index is 0.101. The second-order valence-electron chi connectivity index (χ2n) is 3.40. The highest BCUT2D eigenvalue weighted by Gasteiger charge is 2.15. The molecule has 1 heterocycles. The van der Waals surface area contributed by atoms with Crippen LogP contribution < -0.4 is 5.32 Å². The summed E-state index contributed by atoms with van der Waals surface area (Å²) in [7, 11) is 0. The molecule has 2 N–H and O–H groups in total. The van der Waals surface area contributed by atoms with Gasteiger partial charge < -0.3 is 0 Å². The number of benzene rings is 1. The van der Waals surface area contributed by atoms with Crippen molar-refractivity contribution < 1.29 is 4.79 Å². The Hall–Kier alpha value is -1.82. The number of rotatable bonds is 4. The molecule has 2 aromatic rings. The van der Waals surface area contributed by atoms with Gasteiger partial charge in [-0.1, -0.05) is 18.2 Å². The van der Waals surface area contributed by atoms with E-state index in [4.69, 9.17) is 0 Å². The molecule has 0 saturated heterocycles. The second kappa shape index (κ2) is 5.49. The molecule has 0 saturated carbocycles. The van der Waals surface area contributed by atoms with Gasteiger partial charge in [-0.15, -0.1) is 11.8 Å². The van der Waals surface area contributed by atoms with Crippen molar-refractivity contribution in [1.29, 1.82) is 0 Å². The summed E-state index contributed by atoms with van der Waals surface area (Å²) in [5.41, 5.74) is 0. The van der Waals surface area contributed by atoms with Crippen LogP contribution in [0.1, 0.15) is 6.92 Å². The molecule has 5 nitrogen and oxygen atoms in total. The number of aromatic amines is 1. The number of hydrogen-bond donors (Lipinski definition) is 2. The van der Waals surface area contributed by atoms with E-state index in [0.717, 1.165) is 4.90 Å². The molecule has 1 amide bonds. The van der Waals surface area contributed by atoms with Crippen molar-refractivity contribution in [3.63, 3.8) is 0 Å². The third kappa shape index (κ3) is 3.32. The summed E-state index contributed by atoms with van der Waals surface area (Å²) < 4.78 is 0. The first-order valence-electron chi connectivity index (χ1n) is 5.13. The number of thioether (sulfide) groups is 1. The van der Waals surface area contributed by atoms with E-state index in [-0.39, 0.29) is 11.2 Å². The third-order valence-electron chi connectivity index (χ3n) is 2.08. The van der Waals surface area contributed by atoms with Crippen LogP contribution in [0.3, 0.4) is 0 Å². The Balaban J connectivity index is 1.92.